The second-order valence-electron chi connectivity index (χ2n) is 33.1. The fourth-order valence-corrected chi connectivity index (χ4v) is 19.0. The van der Waals surface area contributed by atoms with Crippen molar-refractivity contribution < 1.29 is 27.9 Å². The average molecular weight is 1260 g/mol. The summed E-state index contributed by atoms with van der Waals surface area (Å²) in [7, 11) is -1.89. The van der Waals surface area contributed by atoms with Gasteiger partial charge in [-0.3, -0.25) is 0 Å². The van der Waals surface area contributed by atoms with Gasteiger partial charge in [-0.15, -0.1) is 0 Å². The van der Waals surface area contributed by atoms with Gasteiger partial charge >= 0.3 is 21.4 Å². The summed E-state index contributed by atoms with van der Waals surface area (Å²) in [4.78, 5) is 0. The molecule has 0 saturated carbocycles. The topological polar surface area (TPSA) is 55.4 Å². The number of benzene rings is 16. The Morgan fingerprint density at radius 2 is 0.344 bits per heavy atom. The maximum absolute atomic E-state index is 7.22. The molecule has 0 spiro atoms. The second kappa shape index (κ2) is 18.5. The van der Waals surface area contributed by atoms with E-state index in [-0.39, 0.29) is 0 Å². The third kappa shape index (κ3) is 7.47. The van der Waals surface area contributed by atoms with Crippen LogP contribution in [0.25, 0.3) is 163 Å². The lowest BCUT2D eigenvalue weighted by Gasteiger charge is -2.32. The Kier molecular flexibility index (Phi) is 11.4. The molecule has 16 aromatic rings. The van der Waals surface area contributed by atoms with Crippen LogP contribution >= 0.6 is 0 Å². The zero-order valence-electron chi connectivity index (χ0n) is 59.6. The number of rotatable bonds is 6. The Morgan fingerprint density at radius 1 is 0.198 bits per heavy atom. The molecule has 0 amide bonds. The van der Waals surface area contributed by atoms with E-state index in [1.807, 2.05) is 0 Å². The predicted octanol–water partition coefficient (Wildman–Crippen LogP) is 20.8. The highest BCUT2D eigenvalue weighted by Crippen LogP contribution is 2.62. The molecule has 6 nitrogen and oxygen atoms in total. The Balaban J connectivity index is 1.13. The van der Waals surface area contributed by atoms with Crippen molar-refractivity contribution in [3.63, 3.8) is 0 Å². The van der Waals surface area contributed by atoms with E-state index in [0.29, 0.717) is 0 Å². The number of hydrogen-bond donors (Lipinski definition) is 0. The van der Waals surface area contributed by atoms with E-state index in [1.165, 1.54) is 213 Å². The van der Waals surface area contributed by atoms with Gasteiger partial charge in [0.25, 0.3) is 0 Å². The van der Waals surface area contributed by atoms with Crippen LogP contribution in [0.1, 0.15) is 133 Å². The molecule has 0 radical (unpaired) electrons. The molecule has 0 unspecified atom stereocenters. The van der Waals surface area contributed by atoms with E-state index in [9.17, 15) is 0 Å². The van der Waals surface area contributed by atoms with Crippen LogP contribution in [0.4, 0.5) is 0 Å². The summed E-state index contributed by atoms with van der Waals surface area (Å²) in [6.07, 6.45) is 0. The van der Waals surface area contributed by atoms with E-state index in [2.05, 4.69) is 255 Å². The van der Waals surface area contributed by atoms with Crippen LogP contribution in [0.3, 0.4) is 0 Å². The van der Waals surface area contributed by atoms with Crippen molar-refractivity contribution in [1.29, 1.82) is 0 Å². The molecule has 3 aliphatic rings. The van der Waals surface area contributed by atoms with Crippen molar-refractivity contribution in [2.75, 3.05) is 0 Å². The molecule has 0 atom stereocenters. The zero-order chi connectivity index (χ0) is 67.0. The van der Waals surface area contributed by atoms with Crippen LogP contribution in [0.2, 0.25) is 0 Å². The third-order valence-electron chi connectivity index (χ3n) is 25.1. The summed E-state index contributed by atoms with van der Waals surface area (Å²) in [5.74, 6) is 0. The fourth-order valence-electron chi connectivity index (χ4n) is 19.0. The highest BCUT2D eigenvalue weighted by atomic mass is 16.7. The normalized spacial score (nSPS) is 18.7. The molecule has 16 aromatic carbocycles. The summed E-state index contributed by atoms with van der Waals surface area (Å²) >= 11 is 0. The van der Waals surface area contributed by atoms with Gasteiger partial charge in [-0.25, -0.2) is 0 Å². The summed E-state index contributed by atoms with van der Waals surface area (Å²) in [6, 6.07) is 44.3. The van der Waals surface area contributed by atoms with Crippen molar-refractivity contribution in [2.24, 2.45) is 0 Å². The Morgan fingerprint density at radius 3 is 0.500 bits per heavy atom. The van der Waals surface area contributed by atoms with Gasteiger partial charge in [-0.05, 0) is 394 Å². The molecule has 9 heteroatoms. The largest absolute Gasteiger partial charge is 0.494 e. The van der Waals surface area contributed by atoms with Crippen LogP contribution in [0.5, 0.6) is 0 Å². The minimum Gasteiger partial charge on any atom is -0.399 e. The molecule has 0 N–H and O–H groups in total. The molecule has 474 valence electrons. The van der Waals surface area contributed by atoms with E-state index in [4.69, 9.17) is 27.9 Å². The van der Waals surface area contributed by atoms with Gasteiger partial charge in [0.2, 0.25) is 0 Å². The molecule has 19 rings (SSSR count). The summed E-state index contributed by atoms with van der Waals surface area (Å²) in [5, 5.41) is 30.0. The lowest BCUT2D eigenvalue weighted by atomic mass is 9.69. The van der Waals surface area contributed by atoms with Crippen molar-refractivity contribution in [1.82, 2.24) is 0 Å². The Hall–Kier alpha value is -7.85. The van der Waals surface area contributed by atoms with Gasteiger partial charge in [-0.1, -0.05) is 89.5 Å². The molecule has 0 aliphatic carbocycles. The Labute approximate surface area is 563 Å². The van der Waals surface area contributed by atoms with Gasteiger partial charge in [0, 0.05) is 0 Å². The summed E-state index contributed by atoms with van der Waals surface area (Å²) in [5.41, 5.74) is 18.3. The molecule has 3 saturated heterocycles. The summed E-state index contributed by atoms with van der Waals surface area (Å²) < 4.78 is 43.3. The summed E-state index contributed by atoms with van der Waals surface area (Å²) in [6.45, 7) is 46.5. The maximum atomic E-state index is 7.22. The standard InChI is InChI=1S/C87H81B3O6/c1-40-22-43(4)67(44(5)23-40)49-28-55-61-34-52(88-91-82(10,11)83(12,13)92-88)36-63-57-30-50(68-45(6)24-41(2)25-46(68)7)32-59-65-38-54(90-95-86(18,19)87(20,21)96-90)39-66-60-33-51(69-47(8)26-42(3)27-48(69)9)31-58-64-37-53(89-93-84(14,15)85(16,17)94-89)35-62-56(29-49)70(55)76-79(73(61)63)77(71(57)59)81(75(65)66)78(72(58)60)80(76)74(62)64/h22-39H,1-21H3. The molecular weight excluding hydrogens is 1170 g/mol. The van der Waals surface area contributed by atoms with Gasteiger partial charge in [0.1, 0.15) is 0 Å². The van der Waals surface area contributed by atoms with Gasteiger partial charge in [0.05, 0.1) is 33.6 Å². The molecule has 3 heterocycles. The van der Waals surface area contributed by atoms with Crippen LogP contribution in [0.15, 0.2) is 109 Å². The maximum Gasteiger partial charge on any atom is 0.494 e. The minimum absolute atomic E-state index is 0.578. The van der Waals surface area contributed by atoms with Gasteiger partial charge in [0.15, 0.2) is 0 Å². The highest BCUT2D eigenvalue weighted by molar-refractivity contribution is 6.68. The molecule has 3 fully saturated rings. The van der Waals surface area contributed by atoms with Crippen molar-refractivity contribution in [2.45, 2.75) is 179 Å². The van der Waals surface area contributed by atoms with Crippen molar-refractivity contribution in [3.05, 3.63) is 159 Å². The average Bonchev–Trinajstić information content (AvgIpc) is 0.657. The lowest BCUT2D eigenvalue weighted by Crippen LogP contribution is -2.41. The first-order valence-corrected chi connectivity index (χ1v) is 34.9. The number of aryl methyl sites for hydroxylation is 9. The smallest absolute Gasteiger partial charge is 0.399 e. The lowest BCUT2D eigenvalue weighted by molar-refractivity contribution is 0.00578. The molecule has 0 bridgehead atoms. The van der Waals surface area contributed by atoms with E-state index in [0.717, 1.165) is 16.4 Å². The van der Waals surface area contributed by atoms with Gasteiger partial charge in [-0.2, -0.15) is 0 Å². The SMILES string of the molecule is Cc1cc(C)c(-c2cc3c4cc(B5OC(C)(C)C(C)(C)O5)cc5c6cc(-c7c(C)cc(C)cc7C)cc7c8cc(B9OC(C)(C)C(C)(C)O9)cc9c%10cc(-c%11c(C)cc(C)cc%11C)cc%11c%12cc(B%13OC(C)(C)C(C)(C)O%13)cc%13c(c2)c3c2c(c45)c(c67)c(c89)c(c%11%10)c2c%13%12)c(C)c1. The quantitative estimate of drug-likeness (QED) is 0.0939. The molecule has 3 aliphatic heterocycles. The third-order valence-corrected chi connectivity index (χ3v) is 25.1. The first kappa shape index (κ1) is 59.4. The second-order valence-corrected chi connectivity index (χ2v) is 33.1. The van der Waals surface area contributed by atoms with Crippen molar-refractivity contribution in [3.8, 4) is 33.4 Å². The molecule has 96 heavy (non-hydrogen) atoms. The first-order valence-electron chi connectivity index (χ1n) is 34.9. The highest BCUT2D eigenvalue weighted by Gasteiger charge is 2.55. The zero-order valence-corrected chi connectivity index (χ0v) is 59.6. The minimum atomic E-state index is -0.631. The van der Waals surface area contributed by atoms with Crippen LogP contribution < -0.4 is 16.4 Å². The fraction of sp³-hybridized carbons (Fsp3) is 0.310. The van der Waals surface area contributed by atoms with E-state index in [1.54, 1.807) is 0 Å². The predicted molar refractivity (Wildman–Crippen MR) is 410 cm³/mol. The van der Waals surface area contributed by atoms with Crippen LogP contribution in [-0.4, -0.2) is 55.0 Å². The number of fused-ring (bicyclic) bond motifs is 6. The van der Waals surface area contributed by atoms with Crippen molar-refractivity contribution >= 4 is 167 Å². The Bertz CT molecular complexity index is 5250. The number of hydrogen-bond acceptors (Lipinski definition) is 6. The van der Waals surface area contributed by atoms with Gasteiger partial charge < -0.3 is 27.9 Å². The van der Waals surface area contributed by atoms with E-state index >= 15 is 0 Å². The monoisotopic (exact) mass is 1250 g/mol. The van der Waals surface area contributed by atoms with E-state index < -0.39 is 55.0 Å². The van der Waals surface area contributed by atoms with Crippen LogP contribution in [-0.2, 0) is 27.9 Å². The molecular formula is C87H81B3O6. The first-order chi connectivity index (χ1) is 45.2. The van der Waals surface area contributed by atoms with Crippen LogP contribution in [0, 0.1) is 62.3 Å². The molecule has 0 aromatic heterocycles.